The summed E-state index contributed by atoms with van der Waals surface area (Å²) in [4.78, 5) is 34.5. The van der Waals surface area contributed by atoms with Crippen LogP contribution in [-0.2, 0) is 21.3 Å². The Labute approximate surface area is 261 Å². The predicted molar refractivity (Wildman–Crippen MR) is 171 cm³/mol. The Morgan fingerprint density at radius 1 is 1.16 bits per heavy atom. The van der Waals surface area contributed by atoms with Gasteiger partial charge >= 0.3 is 5.97 Å². The van der Waals surface area contributed by atoms with Gasteiger partial charge in [0.05, 0.1) is 37.3 Å². The molecule has 5 rings (SSSR count). The van der Waals surface area contributed by atoms with E-state index in [1.54, 1.807) is 37.8 Å². The van der Waals surface area contributed by atoms with Crippen LogP contribution in [0.1, 0.15) is 35.9 Å². The monoisotopic (exact) mass is 612 g/mol. The molecule has 1 saturated heterocycles. The van der Waals surface area contributed by atoms with Crippen molar-refractivity contribution in [3.63, 3.8) is 0 Å². The lowest BCUT2D eigenvalue weighted by atomic mass is 10.0. The third kappa shape index (κ3) is 7.45. The van der Waals surface area contributed by atoms with Crippen LogP contribution in [0.5, 0.6) is 5.75 Å². The van der Waals surface area contributed by atoms with E-state index >= 15 is 0 Å². The van der Waals surface area contributed by atoms with E-state index in [4.69, 9.17) is 14.2 Å². The van der Waals surface area contributed by atoms with Crippen molar-refractivity contribution in [2.75, 3.05) is 42.8 Å². The Balaban J connectivity index is 1.54. The van der Waals surface area contributed by atoms with Gasteiger partial charge in [0, 0.05) is 55.0 Å². The van der Waals surface area contributed by atoms with Crippen LogP contribution < -0.4 is 26.0 Å². The van der Waals surface area contributed by atoms with Crippen molar-refractivity contribution in [3.8, 4) is 17.0 Å². The van der Waals surface area contributed by atoms with Gasteiger partial charge in [-0.2, -0.15) is 10.1 Å². The van der Waals surface area contributed by atoms with Gasteiger partial charge in [0.25, 0.3) is 0 Å². The zero-order chi connectivity index (χ0) is 31.9. The number of hydrogen-bond donors (Lipinski definition) is 4. The Morgan fingerprint density at radius 3 is 2.67 bits per heavy atom. The molecule has 1 amide bonds. The van der Waals surface area contributed by atoms with Crippen LogP contribution >= 0.6 is 0 Å². The van der Waals surface area contributed by atoms with E-state index in [9.17, 15) is 9.59 Å². The maximum atomic E-state index is 13.1. The molecule has 1 aliphatic heterocycles. The summed E-state index contributed by atoms with van der Waals surface area (Å²) in [5.41, 5.74) is 4.11. The van der Waals surface area contributed by atoms with Crippen LogP contribution in [0.25, 0.3) is 11.3 Å². The molecule has 1 atom stereocenters. The third-order valence-corrected chi connectivity index (χ3v) is 6.86. The summed E-state index contributed by atoms with van der Waals surface area (Å²) in [7, 11) is 3.38. The number of aryl methyl sites for hydroxylation is 1. The van der Waals surface area contributed by atoms with Crippen molar-refractivity contribution < 1.29 is 23.8 Å². The quantitative estimate of drug-likeness (QED) is 0.137. The fraction of sp³-hybridized carbons (Fsp3) is 0.281. The maximum Gasteiger partial charge on any atom is 0.343 e. The normalized spacial score (nSPS) is 14.5. The summed E-state index contributed by atoms with van der Waals surface area (Å²) in [6.07, 6.45) is 3.79. The van der Waals surface area contributed by atoms with Gasteiger partial charge in [-0.3, -0.25) is 9.48 Å². The van der Waals surface area contributed by atoms with Gasteiger partial charge in [-0.15, -0.1) is 0 Å². The molecule has 234 valence electrons. The standard InChI is InChI=1S/C32H36N8O5/c1-6-29(41)35-25-16-26(27(43-5)15-21(25)28-18-33-12-14-44-28)37-32-34-17-22(31(42)45-19(2)3)30(38-32)36-23-10-8-7-9-20(23)24-11-13-40(4)39-24/h6-11,13,15-17,19,28,33H,1,12,14,18H2,2-5H3,(H,35,41)(H2,34,36,37,38). The third-order valence-electron chi connectivity index (χ3n) is 6.86. The molecule has 1 fully saturated rings. The number of carbonyl (C=O) groups excluding carboxylic acids is 2. The minimum atomic E-state index is -0.577. The number of ether oxygens (including phenoxy) is 3. The summed E-state index contributed by atoms with van der Waals surface area (Å²) < 4.78 is 18.9. The first kappa shape index (κ1) is 31.2. The molecule has 1 unspecified atom stereocenters. The number of anilines is 5. The van der Waals surface area contributed by atoms with E-state index in [1.807, 2.05) is 43.6 Å². The number of hydrogen-bond acceptors (Lipinski definition) is 11. The second-order valence-electron chi connectivity index (χ2n) is 10.5. The van der Waals surface area contributed by atoms with Crippen LogP contribution in [0.3, 0.4) is 0 Å². The van der Waals surface area contributed by atoms with Crippen molar-refractivity contribution in [3.05, 3.63) is 78.6 Å². The summed E-state index contributed by atoms with van der Waals surface area (Å²) in [5.74, 6) is -0.0986. The number of rotatable bonds is 11. The molecule has 1 aliphatic rings. The molecule has 0 spiro atoms. The van der Waals surface area contributed by atoms with Crippen LogP contribution in [0.2, 0.25) is 0 Å². The van der Waals surface area contributed by atoms with Crippen molar-refractivity contribution in [1.29, 1.82) is 0 Å². The van der Waals surface area contributed by atoms with E-state index in [0.29, 0.717) is 36.0 Å². The minimum absolute atomic E-state index is 0.147. The molecule has 0 radical (unpaired) electrons. The van der Waals surface area contributed by atoms with Crippen LogP contribution in [0, 0.1) is 0 Å². The van der Waals surface area contributed by atoms with Crippen molar-refractivity contribution in [2.24, 2.45) is 7.05 Å². The molecule has 3 heterocycles. The highest BCUT2D eigenvalue weighted by atomic mass is 16.5. The Kier molecular flexibility index (Phi) is 9.70. The van der Waals surface area contributed by atoms with Gasteiger partial charge in [0.15, 0.2) is 5.82 Å². The van der Waals surface area contributed by atoms with Gasteiger partial charge in [0.1, 0.15) is 11.3 Å². The summed E-state index contributed by atoms with van der Waals surface area (Å²) in [5, 5.41) is 17.2. The smallest absolute Gasteiger partial charge is 0.343 e. The highest BCUT2D eigenvalue weighted by Crippen LogP contribution is 2.38. The second-order valence-corrected chi connectivity index (χ2v) is 10.5. The molecular formula is C32H36N8O5. The molecule has 13 heteroatoms. The number of esters is 1. The number of methoxy groups -OCH3 is 1. The summed E-state index contributed by atoms with van der Waals surface area (Å²) in [6.45, 7) is 8.94. The first-order valence-electron chi connectivity index (χ1n) is 14.4. The first-order chi connectivity index (χ1) is 21.7. The number of para-hydroxylation sites is 1. The molecule has 2 aromatic heterocycles. The molecule has 45 heavy (non-hydrogen) atoms. The van der Waals surface area contributed by atoms with Crippen molar-refractivity contribution in [1.82, 2.24) is 25.1 Å². The first-order valence-corrected chi connectivity index (χ1v) is 14.4. The average molecular weight is 613 g/mol. The summed E-state index contributed by atoms with van der Waals surface area (Å²) in [6, 6.07) is 13.0. The van der Waals surface area contributed by atoms with Gasteiger partial charge in [0.2, 0.25) is 11.9 Å². The number of benzene rings is 2. The largest absolute Gasteiger partial charge is 0.495 e. The molecule has 0 aliphatic carbocycles. The molecule has 13 nitrogen and oxygen atoms in total. The van der Waals surface area contributed by atoms with E-state index in [-0.39, 0.29) is 35.4 Å². The number of amides is 1. The number of carbonyl (C=O) groups is 2. The lowest BCUT2D eigenvalue weighted by Crippen LogP contribution is -2.33. The van der Waals surface area contributed by atoms with Gasteiger partial charge in [-0.05, 0) is 44.2 Å². The highest BCUT2D eigenvalue weighted by molar-refractivity contribution is 6.00. The molecular weight excluding hydrogens is 576 g/mol. The minimum Gasteiger partial charge on any atom is -0.495 e. The van der Waals surface area contributed by atoms with E-state index in [0.717, 1.165) is 23.4 Å². The van der Waals surface area contributed by atoms with Crippen molar-refractivity contribution >= 4 is 40.7 Å². The lowest BCUT2D eigenvalue weighted by Gasteiger charge is -2.27. The molecule has 0 bridgehead atoms. The predicted octanol–water partition coefficient (Wildman–Crippen LogP) is 4.72. The molecule has 0 saturated carbocycles. The van der Waals surface area contributed by atoms with Crippen LogP contribution in [0.15, 0.2) is 67.5 Å². The lowest BCUT2D eigenvalue weighted by molar-refractivity contribution is -0.111. The summed E-state index contributed by atoms with van der Waals surface area (Å²) >= 11 is 0. The SMILES string of the molecule is C=CC(=O)Nc1cc(Nc2ncc(C(=O)OC(C)C)c(Nc3ccccc3-c3ccn(C)n3)n2)c(OC)cc1C1CNCCO1. The Bertz CT molecular complexity index is 1700. The molecule has 2 aromatic carbocycles. The fourth-order valence-corrected chi connectivity index (χ4v) is 4.77. The van der Waals surface area contributed by atoms with E-state index in [2.05, 4.69) is 42.9 Å². The highest BCUT2D eigenvalue weighted by Gasteiger charge is 2.24. The van der Waals surface area contributed by atoms with E-state index < -0.39 is 5.97 Å². The van der Waals surface area contributed by atoms with Gasteiger partial charge in [-0.1, -0.05) is 24.8 Å². The molecule has 4 aromatic rings. The van der Waals surface area contributed by atoms with E-state index in [1.165, 1.54) is 12.3 Å². The number of morpholine rings is 1. The van der Waals surface area contributed by atoms with Gasteiger partial charge < -0.3 is 35.5 Å². The van der Waals surface area contributed by atoms with Gasteiger partial charge in [-0.25, -0.2) is 9.78 Å². The maximum absolute atomic E-state index is 13.1. The second kappa shape index (κ2) is 14.0. The zero-order valence-electron chi connectivity index (χ0n) is 25.6. The Hall–Kier alpha value is -5.27. The molecule has 4 N–H and O–H groups in total. The fourth-order valence-electron chi connectivity index (χ4n) is 4.77. The van der Waals surface area contributed by atoms with Crippen LogP contribution in [0.4, 0.5) is 28.8 Å². The topological polar surface area (TPSA) is 154 Å². The number of nitrogens with one attached hydrogen (secondary N) is 4. The van der Waals surface area contributed by atoms with Crippen LogP contribution in [-0.4, -0.2) is 64.5 Å². The Morgan fingerprint density at radius 2 is 1.98 bits per heavy atom. The zero-order valence-corrected chi connectivity index (χ0v) is 25.6. The van der Waals surface area contributed by atoms with Crippen molar-refractivity contribution in [2.45, 2.75) is 26.1 Å². The average Bonchev–Trinajstić information content (AvgIpc) is 3.47. The number of aromatic nitrogens is 4. The number of nitrogens with zero attached hydrogens (tertiary/aromatic N) is 4.